The van der Waals surface area contributed by atoms with Crippen LogP contribution in [-0.4, -0.2) is 9.97 Å². The first-order valence-corrected chi connectivity index (χ1v) is 15.9. The van der Waals surface area contributed by atoms with Gasteiger partial charge in [0.2, 0.25) is 0 Å². The van der Waals surface area contributed by atoms with E-state index < -0.39 is 0 Å². The molecule has 8 aromatic rings. The van der Waals surface area contributed by atoms with Crippen LogP contribution in [0.15, 0.2) is 150 Å². The van der Waals surface area contributed by atoms with Gasteiger partial charge < -0.3 is 9.15 Å². The Hall–Kier alpha value is -6.00. The van der Waals surface area contributed by atoms with Gasteiger partial charge in [0.05, 0.1) is 11.4 Å². The van der Waals surface area contributed by atoms with Gasteiger partial charge in [0, 0.05) is 44.0 Å². The largest absolute Gasteiger partial charge is 0.453 e. The molecule has 9 rings (SSSR count). The Morgan fingerprint density at radius 3 is 1.81 bits per heavy atom. The Morgan fingerprint density at radius 1 is 0.489 bits per heavy atom. The Balaban J connectivity index is 1.08. The van der Waals surface area contributed by atoms with E-state index in [9.17, 15) is 0 Å². The summed E-state index contributed by atoms with van der Waals surface area (Å²) in [6.45, 7) is 4.52. The van der Waals surface area contributed by atoms with Crippen molar-refractivity contribution in [3.8, 4) is 56.5 Å². The van der Waals surface area contributed by atoms with Crippen LogP contribution >= 0.6 is 0 Å². The SMILES string of the molecule is CC1(C)c2cc(-c3ccc(-c4nc(-c5ccccc5)cc(-c5ccccc5)n4)cc3)ccc2Oc2c1ccc1c2oc2ccccc21. The minimum Gasteiger partial charge on any atom is -0.453 e. The summed E-state index contributed by atoms with van der Waals surface area (Å²) in [5, 5.41) is 2.18. The summed E-state index contributed by atoms with van der Waals surface area (Å²) in [6, 6.07) is 50.1. The van der Waals surface area contributed by atoms with Gasteiger partial charge >= 0.3 is 0 Å². The molecule has 1 aliphatic heterocycles. The Kier molecular flexibility index (Phi) is 6.12. The van der Waals surface area contributed by atoms with Crippen molar-refractivity contribution in [3.63, 3.8) is 0 Å². The number of nitrogens with zero attached hydrogens (tertiary/aromatic N) is 2. The molecule has 0 bridgehead atoms. The van der Waals surface area contributed by atoms with Gasteiger partial charge in [0.1, 0.15) is 11.3 Å². The molecule has 0 saturated carbocycles. The first-order chi connectivity index (χ1) is 23.0. The number of hydrogen-bond acceptors (Lipinski definition) is 4. The fraction of sp³-hybridized carbons (Fsp3) is 0.0698. The van der Waals surface area contributed by atoms with Crippen molar-refractivity contribution in [2.75, 3.05) is 0 Å². The highest BCUT2D eigenvalue weighted by Crippen LogP contribution is 2.52. The molecule has 0 radical (unpaired) electrons. The Labute approximate surface area is 273 Å². The fourth-order valence-corrected chi connectivity index (χ4v) is 6.80. The van der Waals surface area contributed by atoms with Crippen LogP contribution in [0.2, 0.25) is 0 Å². The molecular formula is C43H30N2O2. The second-order valence-electron chi connectivity index (χ2n) is 12.6. The zero-order valence-electron chi connectivity index (χ0n) is 26.1. The van der Waals surface area contributed by atoms with Gasteiger partial charge in [-0.1, -0.05) is 129 Å². The average molecular weight is 607 g/mol. The zero-order valence-corrected chi connectivity index (χ0v) is 26.1. The molecule has 0 aliphatic carbocycles. The third kappa shape index (κ3) is 4.52. The van der Waals surface area contributed by atoms with E-state index in [1.807, 2.05) is 54.6 Å². The molecule has 2 aromatic heterocycles. The zero-order chi connectivity index (χ0) is 31.5. The number of furan rings is 1. The normalized spacial score (nSPS) is 13.2. The maximum atomic E-state index is 6.61. The number of rotatable bonds is 4. The number of para-hydroxylation sites is 1. The van der Waals surface area contributed by atoms with Crippen molar-refractivity contribution in [2.45, 2.75) is 19.3 Å². The van der Waals surface area contributed by atoms with Crippen LogP contribution < -0.4 is 4.74 Å². The maximum absolute atomic E-state index is 6.61. The highest BCUT2D eigenvalue weighted by molar-refractivity contribution is 6.07. The molecule has 0 amide bonds. The van der Waals surface area contributed by atoms with Crippen LogP contribution in [-0.2, 0) is 5.41 Å². The molecule has 6 aromatic carbocycles. The van der Waals surface area contributed by atoms with E-state index in [1.54, 1.807) is 0 Å². The predicted molar refractivity (Wildman–Crippen MR) is 190 cm³/mol. The summed E-state index contributed by atoms with van der Waals surface area (Å²) in [4.78, 5) is 10.00. The van der Waals surface area contributed by atoms with Crippen LogP contribution in [0.4, 0.5) is 0 Å². The Bertz CT molecular complexity index is 2390. The molecule has 0 spiro atoms. The lowest BCUT2D eigenvalue weighted by atomic mass is 9.75. The van der Waals surface area contributed by atoms with Crippen molar-refractivity contribution in [1.29, 1.82) is 0 Å². The van der Waals surface area contributed by atoms with Crippen molar-refractivity contribution in [2.24, 2.45) is 0 Å². The highest BCUT2D eigenvalue weighted by atomic mass is 16.5. The van der Waals surface area contributed by atoms with Crippen molar-refractivity contribution in [3.05, 3.63) is 157 Å². The number of hydrogen-bond donors (Lipinski definition) is 0. The van der Waals surface area contributed by atoms with Gasteiger partial charge in [-0.15, -0.1) is 0 Å². The molecule has 0 atom stereocenters. The molecule has 0 N–H and O–H groups in total. The first-order valence-electron chi connectivity index (χ1n) is 15.9. The first kappa shape index (κ1) is 27.3. The summed E-state index contributed by atoms with van der Waals surface area (Å²) in [7, 11) is 0. The van der Waals surface area contributed by atoms with Crippen LogP contribution in [0.5, 0.6) is 11.5 Å². The minimum atomic E-state index is -0.286. The third-order valence-corrected chi connectivity index (χ3v) is 9.38. The van der Waals surface area contributed by atoms with E-state index in [4.69, 9.17) is 19.1 Å². The molecule has 1 aliphatic rings. The summed E-state index contributed by atoms with van der Waals surface area (Å²) in [5.41, 5.74) is 10.8. The van der Waals surface area contributed by atoms with Gasteiger partial charge in [-0.2, -0.15) is 0 Å². The second-order valence-corrected chi connectivity index (χ2v) is 12.6. The lowest BCUT2D eigenvalue weighted by molar-refractivity contribution is 0.415. The maximum Gasteiger partial charge on any atom is 0.178 e. The quantitative estimate of drug-likeness (QED) is 0.200. The van der Waals surface area contributed by atoms with E-state index in [-0.39, 0.29) is 5.41 Å². The lowest BCUT2D eigenvalue weighted by Crippen LogP contribution is -2.24. The number of aromatic nitrogens is 2. The van der Waals surface area contributed by atoms with E-state index in [2.05, 4.69) is 105 Å². The van der Waals surface area contributed by atoms with E-state index in [1.165, 1.54) is 0 Å². The van der Waals surface area contributed by atoms with Gasteiger partial charge in [0.15, 0.2) is 17.2 Å². The standard InChI is InChI=1S/C43H30N2O2/c1-43(2)34-23-22-33-32-15-9-10-16-38(32)46-40(33)41(34)47-39-24-21-31(25-35(39)43)27-17-19-30(20-18-27)42-44-36(28-11-5-3-6-12-28)26-37(45-42)29-13-7-4-8-14-29/h3-26H,1-2H3. The minimum absolute atomic E-state index is 0.286. The van der Waals surface area contributed by atoms with Gasteiger partial charge in [-0.25, -0.2) is 9.97 Å². The van der Waals surface area contributed by atoms with E-state index in [0.29, 0.717) is 5.82 Å². The van der Waals surface area contributed by atoms with Crippen LogP contribution in [0.25, 0.3) is 67.0 Å². The Morgan fingerprint density at radius 2 is 1.11 bits per heavy atom. The molecule has 47 heavy (non-hydrogen) atoms. The second kappa shape index (κ2) is 10.5. The highest BCUT2D eigenvalue weighted by Gasteiger charge is 2.36. The number of benzene rings is 6. The molecule has 0 fully saturated rings. The molecule has 4 nitrogen and oxygen atoms in total. The fourth-order valence-electron chi connectivity index (χ4n) is 6.80. The number of ether oxygens (including phenoxy) is 1. The van der Waals surface area contributed by atoms with Crippen molar-refractivity contribution >= 4 is 21.9 Å². The van der Waals surface area contributed by atoms with Gasteiger partial charge in [-0.3, -0.25) is 0 Å². The summed E-state index contributed by atoms with van der Waals surface area (Å²) in [6.07, 6.45) is 0. The molecule has 4 heteroatoms. The number of fused-ring (bicyclic) bond motifs is 6. The predicted octanol–water partition coefficient (Wildman–Crippen LogP) is 11.5. The van der Waals surface area contributed by atoms with Crippen molar-refractivity contribution < 1.29 is 9.15 Å². The van der Waals surface area contributed by atoms with Crippen molar-refractivity contribution in [1.82, 2.24) is 9.97 Å². The summed E-state index contributed by atoms with van der Waals surface area (Å²) >= 11 is 0. The van der Waals surface area contributed by atoms with Gasteiger partial charge in [-0.05, 0) is 41.5 Å². The monoisotopic (exact) mass is 606 g/mol. The third-order valence-electron chi connectivity index (χ3n) is 9.38. The summed E-state index contributed by atoms with van der Waals surface area (Å²) < 4.78 is 12.9. The average Bonchev–Trinajstić information content (AvgIpc) is 3.52. The van der Waals surface area contributed by atoms with E-state index in [0.717, 1.165) is 83.8 Å². The van der Waals surface area contributed by atoms with Crippen LogP contribution in [0.1, 0.15) is 25.0 Å². The topological polar surface area (TPSA) is 48.2 Å². The molecule has 3 heterocycles. The molecule has 0 unspecified atom stereocenters. The lowest BCUT2D eigenvalue weighted by Gasteiger charge is -2.34. The smallest absolute Gasteiger partial charge is 0.178 e. The molecule has 224 valence electrons. The van der Waals surface area contributed by atoms with Gasteiger partial charge in [0.25, 0.3) is 0 Å². The summed E-state index contributed by atoms with van der Waals surface area (Å²) in [5.74, 6) is 2.36. The molecular weight excluding hydrogens is 576 g/mol. The van der Waals surface area contributed by atoms with Crippen LogP contribution in [0.3, 0.4) is 0 Å². The van der Waals surface area contributed by atoms with Crippen LogP contribution in [0, 0.1) is 0 Å². The van der Waals surface area contributed by atoms with E-state index >= 15 is 0 Å². The molecule has 0 saturated heterocycles.